The van der Waals surface area contributed by atoms with Crippen LogP contribution in [-0.4, -0.2) is 140 Å². The van der Waals surface area contributed by atoms with Gasteiger partial charge in [-0.3, -0.25) is 33.7 Å². The molecule has 3 amide bonds. The summed E-state index contributed by atoms with van der Waals surface area (Å²) in [6.07, 6.45) is -9.23. The van der Waals surface area contributed by atoms with Crippen LogP contribution in [0.4, 0.5) is 4.79 Å². The Morgan fingerprint density at radius 1 is 0.855 bits per heavy atom. The Balaban J connectivity index is 1.25. The van der Waals surface area contributed by atoms with Crippen molar-refractivity contribution >= 4 is 53.4 Å². The lowest BCUT2D eigenvalue weighted by Gasteiger charge is -2.67. The number of aliphatic hydroxyl groups is 3. The van der Waals surface area contributed by atoms with Crippen LogP contribution < -0.4 is 5.32 Å². The van der Waals surface area contributed by atoms with E-state index in [1.165, 1.54) is 52.0 Å². The van der Waals surface area contributed by atoms with E-state index in [0.717, 1.165) is 11.8 Å². The van der Waals surface area contributed by atoms with Crippen LogP contribution in [0.25, 0.3) is 0 Å². The lowest BCUT2D eigenvalue weighted by Crippen LogP contribution is -2.81. The number of carbonyl (C=O) groups is 9. The highest BCUT2D eigenvalue weighted by atomic mass is 16.6. The van der Waals surface area contributed by atoms with Crippen LogP contribution in [-0.2, 0) is 62.0 Å². The molecule has 11 atom stereocenters. The number of nitrogens with one attached hydrogen (secondary N) is 1. The van der Waals surface area contributed by atoms with Crippen LogP contribution in [0.1, 0.15) is 129 Å². The Bertz CT molecular complexity index is 2660. The number of imide groups is 1. The molecule has 0 aromatic heterocycles. The number of ketones is 2. The van der Waals surface area contributed by atoms with Crippen LogP contribution in [0.5, 0.6) is 0 Å². The van der Waals surface area contributed by atoms with Crippen LogP contribution in [0, 0.1) is 16.7 Å². The third kappa shape index (κ3) is 11.1. The number of alkyl carbamates (subject to hydrolysis) is 1. The Labute approximate surface area is 440 Å². The van der Waals surface area contributed by atoms with Gasteiger partial charge in [0.25, 0.3) is 11.8 Å². The summed E-state index contributed by atoms with van der Waals surface area (Å²) in [7, 11) is 0. The predicted octanol–water partition coefficient (Wildman–Crippen LogP) is 4.65. The summed E-state index contributed by atoms with van der Waals surface area (Å²) in [5.74, 6) is -7.83. The summed E-state index contributed by atoms with van der Waals surface area (Å²) in [5.41, 5.74) is -8.96. The first kappa shape index (κ1) is 57.1. The van der Waals surface area contributed by atoms with E-state index in [0.29, 0.717) is 19.3 Å². The van der Waals surface area contributed by atoms with Gasteiger partial charge in [0.1, 0.15) is 47.4 Å². The highest BCUT2D eigenvalue weighted by molar-refractivity contribution is 6.12. The highest BCUT2D eigenvalue weighted by Crippen LogP contribution is 2.64. The normalized spacial score (nSPS) is 29.3. The van der Waals surface area contributed by atoms with Gasteiger partial charge >= 0.3 is 30.0 Å². The lowest BCUT2D eigenvalue weighted by atomic mass is 9.44. The van der Waals surface area contributed by atoms with Crippen molar-refractivity contribution in [2.24, 2.45) is 16.7 Å². The molecule has 0 radical (unpaired) electrons. The van der Waals surface area contributed by atoms with Crippen LogP contribution >= 0.6 is 0 Å². The third-order valence-electron chi connectivity index (χ3n) is 15.6. The van der Waals surface area contributed by atoms with Gasteiger partial charge < -0.3 is 49.1 Å². The quantitative estimate of drug-likeness (QED) is 0.0520. The van der Waals surface area contributed by atoms with Crippen molar-refractivity contribution in [2.45, 2.75) is 166 Å². The molecule has 76 heavy (non-hydrogen) atoms. The van der Waals surface area contributed by atoms with E-state index in [9.17, 15) is 48.9 Å². The van der Waals surface area contributed by atoms with E-state index < -0.39 is 137 Å². The van der Waals surface area contributed by atoms with Gasteiger partial charge in [-0.2, -0.15) is 0 Å². The zero-order valence-corrected chi connectivity index (χ0v) is 44.0. The van der Waals surface area contributed by atoms with E-state index in [-0.39, 0.29) is 60.5 Å². The first-order chi connectivity index (χ1) is 35.7. The third-order valence-corrected chi connectivity index (χ3v) is 15.6. The molecule has 20 nitrogen and oxygen atoms in total. The van der Waals surface area contributed by atoms with E-state index >= 15 is 9.59 Å². The standard InChI is InChI=1S/C56H68N2O18/c1-31-36(29-56(70)48(74-49(67)34-20-14-10-15-21-34)46-54(8,47(66)44(65)42(31)53(56,6)7)37(61)28-38-55(46,30-71-38)75-32(2)59)72-50(68)45(43(33-18-12-9-13-19-33)57-51(69)76-52(3,4)5)73-41(64)26-23-35(60)22-16-11-17-27-58-39(62)24-25-40(58)63/h9-10,12-15,18-21,24-25,36-38,43-46,48,61,65,70H,11,16-17,22-23,26-30H2,1-8H3,(H,57,69)/t36-,37-,38+,43-,44+,45+,46?,48-,54+,55-,56+/m0/s1. The highest BCUT2D eigenvalue weighted by Gasteiger charge is 2.78. The minimum atomic E-state index is -2.48. The number of hydrogen-bond donors (Lipinski definition) is 4. The Hall–Kier alpha value is -6.61. The monoisotopic (exact) mass is 1060 g/mol. The van der Waals surface area contributed by atoms with Crippen LogP contribution in [0.15, 0.2) is 84.0 Å². The van der Waals surface area contributed by atoms with Crippen LogP contribution in [0.3, 0.4) is 0 Å². The number of amides is 3. The average Bonchev–Trinajstić information content (AvgIpc) is 3.70. The molecule has 3 aliphatic carbocycles. The molecule has 4 N–H and O–H groups in total. The second-order valence-electron chi connectivity index (χ2n) is 22.1. The number of hydrogen-bond acceptors (Lipinski definition) is 18. The fourth-order valence-electron chi connectivity index (χ4n) is 11.6. The van der Waals surface area contributed by atoms with Gasteiger partial charge in [-0.05, 0) is 76.3 Å². The summed E-state index contributed by atoms with van der Waals surface area (Å²) in [6.45, 7) is 11.6. The van der Waals surface area contributed by atoms with Crippen molar-refractivity contribution in [1.82, 2.24) is 10.2 Å². The Morgan fingerprint density at radius 2 is 1.49 bits per heavy atom. The van der Waals surface area contributed by atoms with Crippen molar-refractivity contribution in [3.8, 4) is 0 Å². The molecule has 3 fully saturated rings. The number of fused-ring (bicyclic) bond motifs is 5. The minimum Gasteiger partial charge on any atom is -0.455 e. The number of nitrogens with zero attached hydrogens (tertiary/aromatic N) is 1. The molecule has 2 heterocycles. The number of esters is 4. The molecular formula is C56H68N2O18. The van der Waals surface area contributed by atoms with Gasteiger partial charge in [0.05, 0.1) is 36.0 Å². The molecule has 2 aliphatic heterocycles. The fraction of sp³-hybridized carbons (Fsp3) is 0.554. The van der Waals surface area contributed by atoms with E-state index in [1.807, 2.05) is 0 Å². The smallest absolute Gasteiger partial charge is 0.408 e. The largest absolute Gasteiger partial charge is 0.455 e. The molecule has 1 saturated heterocycles. The number of benzene rings is 2. The molecular weight excluding hydrogens is 989 g/mol. The maximum atomic E-state index is 15.3. The zero-order valence-electron chi connectivity index (χ0n) is 44.0. The van der Waals surface area contributed by atoms with E-state index in [4.69, 9.17) is 28.4 Å². The van der Waals surface area contributed by atoms with Gasteiger partial charge in [0.2, 0.25) is 6.10 Å². The molecule has 20 heteroatoms. The van der Waals surface area contributed by atoms with Gasteiger partial charge in [0, 0.05) is 56.7 Å². The molecule has 1 unspecified atom stereocenters. The Kier molecular flexibility index (Phi) is 16.6. The Morgan fingerprint density at radius 3 is 2.08 bits per heavy atom. The zero-order chi connectivity index (χ0) is 55.7. The van der Waals surface area contributed by atoms with Gasteiger partial charge in [-0.1, -0.05) is 68.8 Å². The first-order valence-corrected chi connectivity index (χ1v) is 25.6. The van der Waals surface area contributed by atoms with E-state index in [1.54, 1.807) is 69.3 Å². The summed E-state index contributed by atoms with van der Waals surface area (Å²) in [4.78, 5) is 123. The van der Waals surface area contributed by atoms with Crippen molar-refractivity contribution in [3.63, 3.8) is 0 Å². The number of unbranched alkanes of at least 4 members (excludes halogenated alkanes) is 2. The summed E-state index contributed by atoms with van der Waals surface area (Å²) in [5, 5.41) is 40.9. The van der Waals surface area contributed by atoms with Crippen LogP contribution in [0.2, 0.25) is 0 Å². The van der Waals surface area contributed by atoms with Gasteiger partial charge in [-0.15, -0.1) is 0 Å². The molecule has 2 bridgehead atoms. The molecule has 2 saturated carbocycles. The topological polar surface area (TPSA) is 285 Å². The predicted molar refractivity (Wildman–Crippen MR) is 266 cm³/mol. The molecule has 5 aliphatic rings. The molecule has 2 aromatic carbocycles. The number of aliphatic hydroxyl groups excluding tert-OH is 2. The molecule has 7 rings (SSSR count). The van der Waals surface area contributed by atoms with Crippen molar-refractivity contribution in [3.05, 3.63) is 95.1 Å². The number of rotatable bonds is 18. The lowest BCUT2D eigenvalue weighted by molar-refractivity contribution is -0.346. The molecule has 410 valence electrons. The second-order valence-corrected chi connectivity index (χ2v) is 22.1. The maximum absolute atomic E-state index is 15.3. The van der Waals surface area contributed by atoms with Crippen molar-refractivity contribution in [2.75, 3.05) is 13.2 Å². The van der Waals surface area contributed by atoms with Crippen molar-refractivity contribution < 1.29 is 86.9 Å². The number of carbonyl (C=O) groups excluding carboxylic acids is 9. The first-order valence-electron chi connectivity index (χ1n) is 25.6. The molecule has 2 aromatic rings. The average molecular weight is 1060 g/mol. The number of ether oxygens (including phenoxy) is 6. The van der Waals surface area contributed by atoms with Gasteiger partial charge in [-0.25, -0.2) is 14.4 Å². The maximum Gasteiger partial charge on any atom is 0.408 e. The fourth-order valence-corrected chi connectivity index (χ4v) is 11.6. The summed E-state index contributed by atoms with van der Waals surface area (Å²) < 4.78 is 36.1. The second kappa shape index (κ2) is 22.2. The SMILES string of the molecule is CC(=O)O[C@@]12CO[C@@H]1C[C@H](O)[C@@]1(C)C(=O)[C@H](O)C3=C(C)[C@@H](OC(=O)[C@H](OC(=O)CCC(=O)CCCCCN4C(=O)C=CC4=O)[C@@H](NC(=O)OC(C)(C)C)c4ccccc4)C[C@@](O)([C@@H](OC(=O)c4ccccc4)C12)C3(C)C. The van der Waals surface area contributed by atoms with Gasteiger partial charge in [0.15, 0.2) is 11.4 Å². The minimum absolute atomic E-state index is 0.0308. The van der Waals surface area contributed by atoms with Crippen molar-refractivity contribution in [1.29, 1.82) is 0 Å². The number of Topliss-reactive ketones (excluding diaryl/α,β-unsaturated/α-hetero) is 2. The van der Waals surface area contributed by atoms with E-state index in [2.05, 4.69) is 5.32 Å². The summed E-state index contributed by atoms with van der Waals surface area (Å²) in [6, 6.07) is 14.2. The summed E-state index contributed by atoms with van der Waals surface area (Å²) >= 11 is 0. The molecule has 0 spiro atoms.